The third-order valence-electron chi connectivity index (χ3n) is 3.56. The van der Waals surface area contributed by atoms with Crippen LogP contribution < -0.4 is 0 Å². The number of piperidine rings is 1. The molecular formula is C13H20N2O2. The number of rotatable bonds is 4. The lowest BCUT2D eigenvalue weighted by atomic mass is 9.96. The summed E-state index contributed by atoms with van der Waals surface area (Å²) in [6.45, 7) is 5.59. The van der Waals surface area contributed by atoms with E-state index in [0.29, 0.717) is 17.6 Å². The minimum Gasteiger partial charge on any atom is -0.361 e. The zero-order valence-corrected chi connectivity index (χ0v) is 10.6. The molecule has 1 fully saturated rings. The highest BCUT2D eigenvalue weighted by Gasteiger charge is 2.26. The van der Waals surface area contributed by atoms with Gasteiger partial charge in [-0.05, 0) is 33.2 Å². The number of carbonyl (C=O) groups is 1. The minimum absolute atomic E-state index is 0.482. The van der Waals surface area contributed by atoms with Crippen molar-refractivity contribution in [1.82, 2.24) is 10.1 Å². The minimum atomic E-state index is 0.482. The molecule has 94 valence electrons. The molecular weight excluding hydrogens is 216 g/mol. The number of likely N-dealkylation sites (tertiary alicyclic amines) is 1. The van der Waals surface area contributed by atoms with Crippen molar-refractivity contribution in [2.45, 2.75) is 51.6 Å². The van der Waals surface area contributed by atoms with Crippen molar-refractivity contribution in [1.29, 1.82) is 0 Å². The van der Waals surface area contributed by atoms with Gasteiger partial charge in [-0.3, -0.25) is 9.69 Å². The Hall–Kier alpha value is -1.16. The fourth-order valence-corrected chi connectivity index (χ4v) is 2.66. The number of nitrogens with zero attached hydrogens (tertiary/aromatic N) is 2. The number of hydrogen-bond acceptors (Lipinski definition) is 4. The van der Waals surface area contributed by atoms with Gasteiger partial charge in [0.25, 0.3) is 0 Å². The van der Waals surface area contributed by atoms with Crippen molar-refractivity contribution in [2.75, 3.05) is 6.54 Å². The molecule has 2 heterocycles. The van der Waals surface area contributed by atoms with Crippen molar-refractivity contribution in [3.05, 3.63) is 17.5 Å². The van der Waals surface area contributed by atoms with Crippen LogP contribution in [0, 0.1) is 0 Å². The summed E-state index contributed by atoms with van der Waals surface area (Å²) < 4.78 is 5.18. The molecule has 0 N–H and O–H groups in total. The number of aldehydes is 1. The fourth-order valence-electron chi connectivity index (χ4n) is 2.66. The number of aromatic nitrogens is 1. The molecule has 0 saturated carbocycles. The second-order valence-electron chi connectivity index (χ2n) is 5.01. The lowest BCUT2D eigenvalue weighted by molar-refractivity contribution is 0.105. The van der Waals surface area contributed by atoms with E-state index < -0.39 is 0 Å². The van der Waals surface area contributed by atoms with Crippen molar-refractivity contribution in [2.24, 2.45) is 0 Å². The maximum atomic E-state index is 10.8. The van der Waals surface area contributed by atoms with E-state index in [-0.39, 0.29) is 0 Å². The van der Waals surface area contributed by atoms with Crippen molar-refractivity contribution < 1.29 is 9.32 Å². The first kappa shape index (κ1) is 12.3. The molecule has 4 heteroatoms. The first-order valence-corrected chi connectivity index (χ1v) is 6.37. The summed E-state index contributed by atoms with van der Waals surface area (Å²) in [4.78, 5) is 13.3. The third kappa shape index (κ3) is 2.75. The average Bonchev–Trinajstić information content (AvgIpc) is 2.77. The van der Waals surface area contributed by atoms with E-state index in [9.17, 15) is 4.79 Å². The lowest BCUT2D eigenvalue weighted by Crippen LogP contribution is -2.45. The van der Waals surface area contributed by atoms with Gasteiger partial charge in [0.15, 0.2) is 6.29 Å². The van der Waals surface area contributed by atoms with Crippen LogP contribution in [0.15, 0.2) is 10.7 Å². The summed E-state index contributed by atoms with van der Waals surface area (Å²) in [5.41, 5.74) is 0.597. The van der Waals surface area contributed by atoms with Crippen LogP contribution >= 0.6 is 0 Å². The van der Waals surface area contributed by atoms with Crippen LogP contribution in [0.3, 0.4) is 0 Å². The van der Waals surface area contributed by atoms with E-state index >= 15 is 0 Å². The van der Waals surface area contributed by atoms with Gasteiger partial charge in [0.05, 0.1) is 11.8 Å². The Balaban J connectivity index is 2.08. The van der Waals surface area contributed by atoms with Crippen molar-refractivity contribution in [3.8, 4) is 0 Å². The Morgan fingerprint density at radius 2 is 2.41 bits per heavy atom. The fraction of sp³-hybridized carbons (Fsp3) is 0.692. The molecule has 1 aliphatic heterocycles. The maximum absolute atomic E-state index is 10.8. The van der Waals surface area contributed by atoms with Crippen LogP contribution in [0.2, 0.25) is 0 Å². The van der Waals surface area contributed by atoms with Gasteiger partial charge in [-0.1, -0.05) is 11.6 Å². The third-order valence-corrected chi connectivity index (χ3v) is 3.56. The molecule has 1 aromatic rings. The number of carbonyl (C=O) groups excluding carboxylic acids is 1. The summed E-state index contributed by atoms with van der Waals surface area (Å²) >= 11 is 0. The number of hydrogen-bond donors (Lipinski definition) is 0. The zero-order chi connectivity index (χ0) is 12.3. The van der Waals surface area contributed by atoms with Gasteiger partial charge >= 0.3 is 0 Å². The molecule has 1 unspecified atom stereocenters. The van der Waals surface area contributed by atoms with Gasteiger partial charge in [-0.15, -0.1) is 0 Å². The van der Waals surface area contributed by atoms with E-state index in [4.69, 9.17) is 4.52 Å². The van der Waals surface area contributed by atoms with E-state index in [1.807, 2.05) is 0 Å². The monoisotopic (exact) mass is 236 g/mol. The molecule has 0 aromatic carbocycles. The van der Waals surface area contributed by atoms with Crippen molar-refractivity contribution in [3.63, 3.8) is 0 Å². The second kappa shape index (κ2) is 5.45. The Bertz CT molecular complexity index is 373. The maximum Gasteiger partial charge on any atom is 0.155 e. The smallest absolute Gasteiger partial charge is 0.155 e. The first-order chi connectivity index (χ1) is 8.22. The summed E-state index contributed by atoms with van der Waals surface area (Å²) in [5, 5.41) is 3.70. The molecule has 0 spiro atoms. The molecule has 0 radical (unpaired) electrons. The van der Waals surface area contributed by atoms with E-state index in [1.54, 1.807) is 0 Å². The van der Waals surface area contributed by atoms with Crippen LogP contribution in [-0.2, 0) is 6.42 Å². The first-order valence-electron chi connectivity index (χ1n) is 6.37. The molecule has 2 rings (SSSR count). The summed E-state index contributed by atoms with van der Waals surface area (Å²) in [5.74, 6) is 0.734. The quantitative estimate of drug-likeness (QED) is 0.752. The van der Waals surface area contributed by atoms with E-state index in [1.165, 1.54) is 25.5 Å². The lowest BCUT2D eigenvalue weighted by Gasteiger charge is -2.38. The Morgan fingerprint density at radius 3 is 3.12 bits per heavy atom. The molecule has 1 atom stereocenters. The molecule has 0 aliphatic carbocycles. The van der Waals surface area contributed by atoms with E-state index in [2.05, 4.69) is 23.9 Å². The van der Waals surface area contributed by atoms with Crippen LogP contribution in [0.5, 0.6) is 0 Å². The van der Waals surface area contributed by atoms with E-state index in [0.717, 1.165) is 25.0 Å². The molecule has 1 saturated heterocycles. The molecule has 4 nitrogen and oxygen atoms in total. The highest BCUT2D eigenvalue weighted by Crippen LogP contribution is 2.23. The average molecular weight is 236 g/mol. The van der Waals surface area contributed by atoms with Crippen LogP contribution in [0.4, 0.5) is 0 Å². The van der Waals surface area contributed by atoms with Crippen LogP contribution in [-0.4, -0.2) is 35.0 Å². The molecule has 17 heavy (non-hydrogen) atoms. The predicted molar refractivity (Wildman–Crippen MR) is 65.1 cm³/mol. The van der Waals surface area contributed by atoms with Gasteiger partial charge in [0.2, 0.25) is 0 Å². The summed E-state index contributed by atoms with van der Waals surface area (Å²) in [6, 6.07) is 1.03. The standard InChI is InChI=1S/C13H20N2O2/c1-10(2)15-6-4-3-5-12(15)7-13-11(9-16)8-14-17-13/h8-10,12H,3-7H2,1-2H3. The molecule has 0 amide bonds. The summed E-state index contributed by atoms with van der Waals surface area (Å²) in [7, 11) is 0. The van der Waals surface area contributed by atoms with Gasteiger partial charge in [0, 0.05) is 18.5 Å². The SMILES string of the molecule is CC(C)N1CCCCC1Cc1oncc1C=O. The predicted octanol–water partition coefficient (Wildman–Crippen LogP) is 2.29. The highest BCUT2D eigenvalue weighted by atomic mass is 16.5. The Labute approximate surface area is 102 Å². The molecule has 0 bridgehead atoms. The Morgan fingerprint density at radius 1 is 1.59 bits per heavy atom. The molecule has 1 aromatic heterocycles. The van der Waals surface area contributed by atoms with Gasteiger partial charge in [-0.2, -0.15) is 0 Å². The highest BCUT2D eigenvalue weighted by molar-refractivity contribution is 5.75. The van der Waals surface area contributed by atoms with Crippen LogP contribution in [0.1, 0.15) is 49.2 Å². The topological polar surface area (TPSA) is 46.3 Å². The van der Waals surface area contributed by atoms with Crippen molar-refractivity contribution >= 4 is 6.29 Å². The molecule has 1 aliphatic rings. The second-order valence-corrected chi connectivity index (χ2v) is 5.01. The summed E-state index contributed by atoms with van der Waals surface area (Å²) in [6.07, 6.45) is 6.84. The largest absolute Gasteiger partial charge is 0.361 e. The zero-order valence-electron chi connectivity index (χ0n) is 10.6. The van der Waals surface area contributed by atoms with Gasteiger partial charge < -0.3 is 4.52 Å². The normalized spacial score (nSPS) is 21.9. The Kier molecular flexibility index (Phi) is 3.94. The van der Waals surface area contributed by atoms with Gasteiger partial charge in [0.1, 0.15) is 5.76 Å². The van der Waals surface area contributed by atoms with Gasteiger partial charge in [-0.25, -0.2) is 0 Å². The van der Waals surface area contributed by atoms with Crippen LogP contribution in [0.25, 0.3) is 0 Å².